The molecule has 0 aliphatic carbocycles. The van der Waals surface area contributed by atoms with Gasteiger partial charge >= 0.3 is 6.03 Å². The second-order valence-electron chi connectivity index (χ2n) is 4.99. The van der Waals surface area contributed by atoms with E-state index in [2.05, 4.69) is 5.32 Å². The lowest BCUT2D eigenvalue weighted by Crippen LogP contribution is -2.50. The van der Waals surface area contributed by atoms with Gasteiger partial charge in [-0.25, -0.2) is 4.79 Å². The van der Waals surface area contributed by atoms with Gasteiger partial charge < -0.3 is 24.1 Å². The van der Waals surface area contributed by atoms with E-state index in [1.165, 1.54) is 0 Å². The van der Waals surface area contributed by atoms with E-state index in [1.54, 1.807) is 12.0 Å². The molecule has 1 aliphatic heterocycles. The molecule has 6 heteroatoms. The molecule has 1 aliphatic rings. The number of ether oxygens (including phenoxy) is 2. The molecule has 1 aromatic rings. The number of carbonyl (C=O) groups excluding carboxylic acids is 1. The minimum atomic E-state index is -0.0762. The normalized spacial score (nSPS) is 19.1. The molecule has 0 spiro atoms. The number of furan rings is 1. The van der Waals surface area contributed by atoms with Gasteiger partial charge in [-0.3, -0.25) is 0 Å². The maximum absolute atomic E-state index is 12.1. The van der Waals surface area contributed by atoms with Crippen LogP contribution < -0.4 is 5.32 Å². The van der Waals surface area contributed by atoms with Crippen LogP contribution in [0, 0.1) is 13.8 Å². The van der Waals surface area contributed by atoms with Crippen molar-refractivity contribution in [2.45, 2.75) is 26.5 Å². The van der Waals surface area contributed by atoms with Crippen LogP contribution in [-0.2, 0) is 16.0 Å². The van der Waals surface area contributed by atoms with Gasteiger partial charge in [0.1, 0.15) is 11.5 Å². The standard InChI is InChI=1S/C14H22N2O4/c1-10-6-12(11(2)20-10)7-15-14(17)16-4-5-19-13(8-16)9-18-3/h6,13H,4-5,7-9H2,1-3H3,(H,15,17)/t13-/m1/s1. The molecule has 0 bridgehead atoms. The summed E-state index contributed by atoms with van der Waals surface area (Å²) in [6, 6.07) is 1.87. The number of nitrogens with one attached hydrogen (secondary N) is 1. The number of rotatable bonds is 4. The smallest absolute Gasteiger partial charge is 0.317 e. The summed E-state index contributed by atoms with van der Waals surface area (Å²) in [5.41, 5.74) is 1.01. The zero-order chi connectivity index (χ0) is 14.5. The fourth-order valence-electron chi connectivity index (χ4n) is 2.33. The molecule has 0 saturated carbocycles. The van der Waals surface area contributed by atoms with Crippen molar-refractivity contribution in [3.8, 4) is 0 Å². The number of carbonyl (C=O) groups is 1. The Hall–Kier alpha value is -1.53. The number of methoxy groups -OCH3 is 1. The Bertz CT molecular complexity index is 456. The number of nitrogens with zero attached hydrogens (tertiary/aromatic N) is 1. The van der Waals surface area contributed by atoms with E-state index in [0.717, 1.165) is 17.1 Å². The Labute approximate surface area is 119 Å². The molecule has 6 nitrogen and oxygen atoms in total. The molecule has 0 aromatic carbocycles. The number of urea groups is 1. The van der Waals surface area contributed by atoms with Crippen molar-refractivity contribution in [2.24, 2.45) is 0 Å². The summed E-state index contributed by atoms with van der Waals surface area (Å²) in [6.07, 6.45) is -0.0441. The Balaban J connectivity index is 1.83. The van der Waals surface area contributed by atoms with E-state index < -0.39 is 0 Å². The van der Waals surface area contributed by atoms with Gasteiger partial charge in [0.2, 0.25) is 0 Å². The molecular formula is C14H22N2O4. The van der Waals surface area contributed by atoms with E-state index in [0.29, 0.717) is 32.8 Å². The molecule has 2 rings (SSSR count). The largest absolute Gasteiger partial charge is 0.466 e. The molecule has 0 radical (unpaired) electrons. The molecule has 1 fully saturated rings. The minimum Gasteiger partial charge on any atom is -0.466 e. The van der Waals surface area contributed by atoms with Gasteiger partial charge in [-0.15, -0.1) is 0 Å². The van der Waals surface area contributed by atoms with Gasteiger partial charge in [0.15, 0.2) is 0 Å². The van der Waals surface area contributed by atoms with Crippen LogP contribution in [0.15, 0.2) is 10.5 Å². The van der Waals surface area contributed by atoms with Crippen LogP contribution in [0.1, 0.15) is 17.1 Å². The number of hydrogen-bond acceptors (Lipinski definition) is 4. The van der Waals surface area contributed by atoms with Crippen molar-refractivity contribution in [1.82, 2.24) is 10.2 Å². The molecule has 1 aromatic heterocycles. The molecule has 1 atom stereocenters. The average Bonchev–Trinajstić information content (AvgIpc) is 2.75. The lowest BCUT2D eigenvalue weighted by Gasteiger charge is -2.32. The minimum absolute atomic E-state index is 0.0441. The first-order valence-corrected chi connectivity index (χ1v) is 6.79. The van der Waals surface area contributed by atoms with Crippen LogP contribution in [0.3, 0.4) is 0 Å². The Morgan fingerprint density at radius 2 is 2.35 bits per heavy atom. The highest BCUT2D eigenvalue weighted by Crippen LogP contribution is 2.13. The summed E-state index contributed by atoms with van der Waals surface area (Å²) in [6.45, 7) is 6.50. The Kier molecular flexibility index (Phi) is 5.03. The van der Waals surface area contributed by atoms with Crippen LogP contribution in [0.25, 0.3) is 0 Å². The zero-order valence-electron chi connectivity index (χ0n) is 12.3. The fraction of sp³-hybridized carbons (Fsp3) is 0.643. The van der Waals surface area contributed by atoms with Gasteiger partial charge in [-0.1, -0.05) is 0 Å². The van der Waals surface area contributed by atoms with Crippen molar-refractivity contribution in [3.05, 3.63) is 23.2 Å². The van der Waals surface area contributed by atoms with Gasteiger partial charge in [0, 0.05) is 25.8 Å². The van der Waals surface area contributed by atoms with Crippen molar-refractivity contribution >= 4 is 6.03 Å². The molecule has 112 valence electrons. The lowest BCUT2D eigenvalue weighted by atomic mass is 10.2. The topological polar surface area (TPSA) is 63.9 Å². The molecule has 20 heavy (non-hydrogen) atoms. The van der Waals surface area contributed by atoms with Crippen molar-refractivity contribution < 1.29 is 18.7 Å². The predicted molar refractivity (Wildman–Crippen MR) is 73.6 cm³/mol. The Morgan fingerprint density at radius 1 is 1.55 bits per heavy atom. The molecular weight excluding hydrogens is 260 g/mol. The van der Waals surface area contributed by atoms with Crippen molar-refractivity contribution in [2.75, 3.05) is 33.4 Å². The molecule has 1 N–H and O–H groups in total. The van der Waals surface area contributed by atoms with Gasteiger partial charge in [0.05, 0.1) is 25.9 Å². The number of morpholine rings is 1. The zero-order valence-corrected chi connectivity index (χ0v) is 12.3. The van der Waals surface area contributed by atoms with Crippen LogP contribution >= 0.6 is 0 Å². The first-order valence-electron chi connectivity index (χ1n) is 6.79. The van der Waals surface area contributed by atoms with Crippen LogP contribution in [0.4, 0.5) is 4.79 Å². The number of hydrogen-bond donors (Lipinski definition) is 1. The maximum Gasteiger partial charge on any atom is 0.317 e. The second kappa shape index (κ2) is 6.76. The highest BCUT2D eigenvalue weighted by Gasteiger charge is 2.24. The summed E-state index contributed by atoms with van der Waals surface area (Å²) in [7, 11) is 1.63. The summed E-state index contributed by atoms with van der Waals surface area (Å²) in [5, 5.41) is 2.92. The highest BCUT2D eigenvalue weighted by molar-refractivity contribution is 5.74. The Morgan fingerprint density at radius 3 is 3.00 bits per heavy atom. The monoisotopic (exact) mass is 282 g/mol. The second-order valence-corrected chi connectivity index (χ2v) is 4.99. The lowest BCUT2D eigenvalue weighted by molar-refractivity contribution is -0.0494. The predicted octanol–water partition coefficient (Wildman–Crippen LogP) is 1.45. The maximum atomic E-state index is 12.1. The summed E-state index contributed by atoms with van der Waals surface area (Å²) >= 11 is 0. The van der Waals surface area contributed by atoms with Crippen LogP contribution in [0.2, 0.25) is 0 Å². The molecule has 2 amide bonds. The third kappa shape index (κ3) is 3.74. The molecule has 1 saturated heterocycles. The molecule has 0 unspecified atom stereocenters. The van der Waals surface area contributed by atoms with Gasteiger partial charge in [0.25, 0.3) is 0 Å². The quantitative estimate of drug-likeness (QED) is 0.908. The van der Waals surface area contributed by atoms with Gasteiger partial charge in [-0.05, 0) is 19.9 Å². The first-order chi connectivity index (χ1) is 9.60. The molecule has 2 heterocycles. The highest BCUT2D eigenvalue weighted by atomic mass is 16.5. The average molecular weight is 282 g/mol. The SMILES string of the molecule is COC[C@H]1CN(C(=O)NCc2cc(C)oc2C)CCO1. The number of aryl methyl sites for hydroxylation is 2. The third-order valence-corrected chi connectivity index (χ3v) is 3.35. The van der Waals surface area contributed by atoms with E-state index in [9.17, 15) is 4.79 Å². The van der Waals surface area contributed by atoms with Crippen LogP contribution in [-0.4, -0.2) is 50.4 Å². The van der Waals surface area contributed by atoms with E-state index in [4.69, 9.17) is 13.9 Å². The van der Waals surface area contributed by atoms with E-state index in [1.807, 2.05) is 19.9 Å². The van der Waals surface area contributed by atoms with Crippen molar-refractivity contribution in [3.63, 3.8) is 0 Å². The summed E-state index contributed by atoms with van der Waals surface area (Å²) < 4.78 is 16.0. The fourth-order valence-corrected chi connectivity index (χ4v) is 2.33. The van der Waals surface area contributed by atoms with Gasteiger partial charge in [-0.2, -0.15) is 0 Å². The van der Waals surface area contributed by atoms with Crippen molar-refractivity contribution in [1.29, 1.82) is 0 Å². The summed E-state index contributed by atoms with van der Waals surface area (Å²) in [4.78, 5) is 13.9. The first kappa shape index (κ1) is 14.9. The van der Waals surface area contributed by atoms with Crippen LogP contribution in [0.5, 0.6) is 0 Å². The number of amides is 2. The third-order valence-electron chi connectivity index (χ3n) is 3.35. The van der Waals surface area contributed by atoms with E-state index >= 15 is 0 Å². The summed E-state index contributed by atoms with van der Waals surface area (Å²) in [5.74, 6) is 1.71. The van der Waals surface area contributed by atoms with E-state index in [-0.39, 0.29) is 12.1 Å².